The van der Waals surface area contributed by atoms with E-state index in [1.54, 1.807) is 11.3 Å². The highest BCUT2D eigenvalue weighted by atomic mass is 32.1. The number of nitrogen functional groups attached to an aromatic ring is 1. The third-order valence-electron chi connectivity index (χ3n) is 4.15. The van der Waals surface area contributed by atoms with Crippen LogP contribution in [0.15, 0.2) is 6.07 Å². The second-order valence-electron chi connectivity index (χ2n) is 6.26. The Balaban J connectivity index is 2.28. The Kier molecular flexibility index (Phi) is 5.27. The summed E-state index contributed by atoms with van der Waals surface area (Å²) in [5.41, 5.74) is 6.73. The molecule has 1 saturated heterocycles. The van der Waals surface area contributed by atoms with Gasteiger partial charge in [0.05, 0.1) is 15.6 Å². The number of Topliss-reactive ketones (excluding diaryl/α,β-unsaturated/α-hetero) is 1. The number of likely N-dealkylation sites (N-methyl/N-ethyl adjacent to an activating group) is 1. The maximum Gasteiger partial charge on any atom is 0.177 e. The monoisotopic (exact) mass is 309 g/mol. The molecular weight excluding hydrogens is 282 g/mol. The molecule has 1 aliphatic heterocycles. The molecular formula is C16H27N3OS. The minimum atomic E-state index is -0.00367. The summed E-state index contributed by atoms with van der Waals surface area (Å²) in [6, 6.07) is 2.49. The van der Waals surface area contributed by atoms with Crippen molar-refractivity contribution in [1.82, 2.24) is 4.90 Å². The normalized spacial score (nSPS) is 20.8. The van der Waals surface area contributed by atoms with E-state index in [2.05, 4.69) is 23.8 Å². The fourth-order valence-electron chi connectivity index (χ4n) is 2.87. The van der Waals surface area contributed by atoms with E-state index < -0.39 is 0 Å². The van der Waals surface area contributed by atoms with Gasteiger partial charge in [-0.3, -0.25) is 4.79 Å². The highest BCUT2D eigenvalue weighted by Crippen LogP contribution is 2.36. The highest BCUT2D eigenvalue weighted by molar-refractivity contribution is 7.18. The number of nitrogens with zero attached hydrogens (tertiary/aromatic N) is 2. The van der Waals surface area contributed by atoms with Crippen LogP contribution in [0.2, 0.25) is 0 Å². The van der Waals surface area contributed by atoms with Gasteiger partial charge in [-0.1, -0.05) is 20.8 Å². The average Bonchev–Trinajstić information content (AvgIpc) is 2.70. The Morgan fingerprint density at radius 2 is 2.19 bits per heavy atom. The predicted octanol–water partition coefficient (Wildman–Crippen LogP) is 3.09. The smallest absolute Gasteiger partial charge is 0.177 e. The molecule has 0 amide bonds. The van der Waals surface area contributed by atoms with Crippen molar-refractivity contribution in [3.8, 4) is 0 Å². The van der Waals surface area contributed by atoms with Gasteiger partial charge in [-0.25, -0.2) is 0 Å². The van der Waals surface area contributed by atoms with Crippen LogP contribution in [0.5, 0.6) is 0 Å². The lowest BCUT2D eigenvalue weighted by atomic mass is 10.1. The van der Waals surface area contributed by atoms with Crippen molar-refractivity contribution in [1.29, 1.82) is 0 Å². The molecule has 1 fully saturated rings. The standard InChI is InChI=1S/C16H27N3OS/c1-5-12-10-18(4)7-6-8-19(12)14-9-13(17)16(21-14)15(20)11(2)3/h9,11-12H,5-8,10,17H2,1-4H3. The lowest BCUT2D eigenvalue weighted by Crippen LogP contribution is -2.39. The van der Waals surface area contributed by atoms with Crippen LogP contribution in [0.1, 0.15) is 43.3 Å². The molecule has 118 valence electrons. The van der Waals surface area contributed by atoms with Crippen LogP contribution in [0.3, 0.4) is 0 Å². The topological polar surface area (TPSA) is 49.6 Å². The van der Waals surface area contributed by atoms with Gasteiger partial charge in [0.25, 0.3) is 0 Å². The first-order valence-corrected chi connectivity index (χ1v) is 8.64. The van der Waals surface area contributed by atoms with Gasteiger partial charge in [-0.05, 0) is 32.5 Å². The number of anilines is 2. The number of nitrogens with two attached hydrogens (primary N) is 1. The Labute approximate surface area is 131 Å². The molecule has 1 aromatic rings. The van der Waals surface area contributed by atoms with Gasteiger partial charge in [0.2, 0.25) is 0 Å². The molecule has 4 nitrogen and oxygen atoms in total. The molecule has 21 heavy (non-hydrogen) atoms. The van der Waals surface area contributed by atoms with Crippen molar-refractivity contribution in [2.75, 3.05) is 37.3 Å². The van der Waals surface area contributed by atoms with Gasteiger partial charge in [-0.15, -0.1) is 11.3 Å². The Morgan fingerprint density at radius 3 is 2.81 bits per heavy atom. The molecule has 0 aliphatic carbocycles. The summed E-state index contributed by atoms with van der Waals surface area (Å²) in [4.78, 5) is 17.8. The number of ketones is 1. The molecule has 1 aliphatic rings. The second-order valence-corrected chi connectivity index (χ2v) is 7.29. The number of hydrogen-bond acceptors (Lipinski definition) is 5. The first-order valence-electron chi connectivity index (χ1n) is 7.82. The van der Waals surface area contributed by atoms with Crippen LogP contribution in [0.4, 0.5) is 10.7 Å². The summed E-state index contributed by atoms with van der Waals surface area (Å²) in [5.74, 6) is 0.153. The van der Waals surface area contributed by atoms with Crippen molar-refractivity contribution in [3.63, 3.8) is 0 Å². The average molecular weight is 309 g/mol. The molecule has 2 rings (SSSR count). The molecule has 1 atom stereocenters. The van der Waals surface area contributed by atoms with Crippen LogP contribution < -0.4 is 10.6 Å². The van der Waals surface area contributed by atoms with Gasteiger partial charge >= 0.3 is 0 Å². The lowest BCUT2D eigenvalue weighted by molar-refractivity contribution is 0.0944. The fraction of sp³-hybridized carbons (Fsp3) is 0.688. The second kappa shape index (κ2) is 6.79. The zero-order chi connectivity index (χ0) is 15.6. The van der Waals surface area contributed by atoms with E-state index >= 15 is 0 Å². The molecule has 0 saturated carbocycles. The Bertz CT molecular complexity index is 498. The van der Waals surface area contributed by atoms with Crippen LogP contribution in [-0.4, -0.2) is 43.4 Å². The third-order valence-corrected chi connectivity index (χ3v) is 5.35. The molecule has 0 aromatic carbocycles. The number of hydrogen-bond donors (Lipinski definition) is 1. The minimum Gasteiger partial charge on any atom is -0.397 e. The first kappa shape index (κ1) is 16.3. The van der Waals surface area contributed by atoms with E-state index in [-0.39, 0.29) is 11.7 Å². The van der Waals surface area contributed by atoms with Crippen molar-refractivity contribution in [2.24, 2.45) is 5.92 Å². The summed E-state index contributed by atoms with van der Waals surface area (Å²) in [6.45, 7) is 9.33. The van der Waals surface area contributed by atoms with Gasteiger partial charge in [0.1, 0.15) is 0 Å². The number of thiophene rings is 1. The number of carbonyl (C=O) groups excluding carboxylic acids is 1. The van der Waals surface area contributed by atoms with Crippen molar-refractivity contribution < 1.29 is 4.79 Å². The maximum atomic E-state index is 12.2. The summed E-state index contributed by atoms with van der Waals surface area (Å²) in [6.07, 6.45) is 2.26. The molecule has 0 radical (unpaired) electrons. The van der Waals surface area contributed by atoms with Gasteiger partial charge in [0.15, 0.2) is 5.78 Å². The van der Waals surface area contributed by atoms with E-state index in [1.807, 2.05) is 19.9 Å². The predicted molar refractivity (Wildman–Crippen MR) is 91.4 cm³/mol. The van der Waals surface area contributed by atoms with Crippen LogP contribution in [0.25, 0.3) is 0 Å². The quantitative estimate of drug-likeness (QED) is 0.868. The van der Waals surface area contributed by atoms with E-state index in [0.29, 0.717) is 11.7 Å². The highest BCUT2D eigenvalue weighted by Gasteiger charge is 2.26. The molecule has 2 N–H and O–H groups in total. The van der Waals surface area contributed by atoms with E-state index in [4.69, 9.17) is 5.73 Å². The molecule has 2 heterocycles. The Hall–Kier alpha value is -1.07. The fourth-order valence-corrected chi connectivity index (χ4v) is 4.14. The Morgan fingerprint density at radius 1 is 1.48 bits per heavy atom. The number of carbonyl (C=O) groups is 1. The van der Waals surface area contributed by atoms with Crippen molar-refractivity contribution in [3.05, 3.63) is 10.9 Å². The summed E-state index contributed by atoms with van der Waals surface area (Å²) < 4.78 is 0. The maximum absolute atomic E-state index is 12.2. The zero-order valence-electron chi connectivity index (χ0n) is 13.6. The van der Waals surface area contributed by atoms with Gasteiger partial charge < -0.3 is 15.5 Å². The van der Waals surface area contributed by atoms with E-state index in [9.17, 15) is 4.79 Å². The van der Waals surface area contributed by atoms with Crippen LogP contribution in [-0.2, 0) is 0 Å². The summed E-state index contributed by atoms with van der Waals surface area (Å²) >= 11 is 1.56. The van der Waals surface area contributed by atoms with E-state index in [0.717, 1.165) is 42.4 Å². The minimum absolute atomic E-state index is 0.00367. The van der Waals surface area contributed by atoms with Crippen LogP contribution >= 0.6 is 11.3 Å². The van der Waals surface area contributed by atoms with Gasteiger partial charge in [0, 0.05) is 25.0 Å². The van der Waals surface area contributed by atoms with Crippen molar-refractivity contribution in [2.45, 2.75) is 39.7 Å². The molecule has 1 unspecified atom stereocenters. The molecule has 1 aromatic heterocycles. The van der Waals surface area contributed by atoms with E-state index in [1.165, 1.54) is 0 Å². The SMILES string of the molecule is CCC1CN(C)CCCN1c1cc(N)c(C(=O)C(C)C)s1. The largest absolute Gasteiger partial charge is 0.397 e. The van der Waals surface area contributed by atoms with Crippen molar-refractivity contribution >= 4 is 27.8 Å². The van der Waals surface area contributed by atoms with Gasteiger partial charge in [-0.2, -0.15) is 0 Å². The third kappa shape index (κ3) is 3.58. The molecule has 0 bridgehead atoms. The number of rotatable bonds is 4. The first-order chi connectivity index (χ1) is 9.93. The summed E-state index contributed by atoms with van der Waals surface area (Å²) in [5, 5.41) is 1.15. The zero-order valence-corrected chi connectivity index (χ0v) is 14.4. The summed E-state index contributed by atoms with van der Waals surface area (Å²) in [7, 11) is 2.18. The molecule has 0 spiro atoms. The molecule has 5 heteroatoms. The lowest BCUT2D eigenvalue weighted by Gasteiger charge is -2.30. The van der Waals surface area contributed by atoms with Crippen LogP contribution in [0, 0.1) is 5.92 Å².